The molecule has 2 aliphatic rings. The highest BCUT2D eigenvalue weighted by molar-refractivity contribution is 5.76. The maximum atomic E-state index is 12.2. The first-order valence-corrected chi connectivity index (χ1v) is 6.60. The van der Waals surface area contributed by atoms with Crippen molar-refractivity contribution in [3.05, 3.63) is 0 Å². The average Bonchev–Trinajstić information content (AvgIpc) is 2.39. The fraction of sp³-hybridized carbons (Fsp3) is 0.833. The zero-order chi connectivity index (χ0) is 13.1. The summed E-state index contributed by atoms with van der Waals surface area (Å²) in [6, 6.07) is 0.176. The molecule has 0 spiro atoms. The summed E-state index contributed by atoms with van der Waals surface area (Å²) in [4.78, 5) is 26.7. The van der Waals surface area contributed by atoms with Crippen molar-refractivity contribution >= 4 is 12.0 Å². The summed E-state index contributed by atoms with van der Waals surface area (Å²) >= 11 is 0. The zero-order valence-corrected chi connectivity index (χ0v) is 10.5. The van der Waals surface area contributed by atoms with Crippen LogP contribution in [-0.2, 0) is 4.79 Å². The maximum absolute atomic E-state index is 12.2. The van der Waals surface area contributed by atoms with Crippen LogP contribution in [0.3, 0.4) is 0 Å². The lowest BCUT2D eigenvalue weighted by molar-refractivity contribution is -0.143. The number of nitrogens with two attached hydrogens (primary N) is 1. The summed E-state index contributed by atoms with van der Waals surface area (Å²) in [6.07, 6.45) is 3.12. The van der Waals surface area contributed by atoms with Gasteiger partial charge in [-0.1, -0.05) is 0 Å². The van der Waals surface area contributed by atoms with Gasteiger partial charge in [0.15, 0.2) is 0 Å². The lowest BCUT2D eigenvalue weighted by Crippen LogP contribution is -2.52. The summed E-state index contributed by atoms with van der Waals surface area (Å²) in [5.74, 6) is -1.21. The molecule has 18 heavy (non-hydrogen) atoms. The van der Waals surface area contributed by atoms with E-state index >= 15 is 0 Å². The Morgan fingerprint density at radius 2 is 1.72 bits per heavy atom. The van der Waals surface area contributed by atoms with Gasteiger partial charge < -0.3 is 20.6 Å². The number of carbonyl (C=O) groups excluding carboxylic acids is 1. The van der Waals surface area contributed by atoms with Gasteiger partial charge in [0.2, 0.25) is 0 Å². The van der Waals surface area contributed by atoms with Gasteiger partial charge in [-0.15, -0.1) is 0 Å². The zero-order valence-electron chi connectivity index (χ0n) is 10.5. The van der Waals surface area contributed by atoms with E-state index in [0.717, 1.165) is 19.3 Å². The van der Waals surface area contributed by atoms with Crippen LogP contribution in [0.2, 0.25) is 0 Å². The number of hydrogen-bond acceptors (Lipinski definition) is 3. The maximum Gasteiger partial charge on any atom is 0.320 e. The van der Waals surface area contributed by atoms with Gasteiger partial charge in [-0.05, 0) is 25.7 Å². The van der Waals surface area contributed by atoms with Gasteiger partial charge in [0, 0.05) is 32.2 Å². The van der Waals surface area contributed by atoms with Crippen molar-refractivity contribution in [3.8, 4) is 0 Å². The third kappa shape index (κ3) is 2.93. The summed E-state index contributed by atoms with van der Waals surface area (Å²) in [5.41, 5.74) is 5.81. The molecule has 2 aliphatic heterocycles. The fourth-order valence-electron chi connectivity index (χ4n) is 2.64. The minimum Gasteiger partial charge on any atom is -0.481 e. The topological polar surface area (TPSA) is 86.9 Å². The van der Waals surface area contributed by atoms with E-state index in [1.165, 1.54) is 0 Å². The molecule has 0 aliphatic carbocycles. The van der Waals surface area contributed by atoms with E-state index in [9.17, 15) is 9.59 Å². The van der Waals surface area contributed by atoms with E-state index in [1.807, 2.05) is 0 Å². The predicted molar refractivity (Wildman–Crippen MR) is 66.1 cm³/mol. The Morgan fingerprint density at radius 3 is 2.33 bits per heavy atom. The van der Waals surface area contributed by atoms with Crippen molar-refractivity contribution in [1.82, 2.24) is 9.80 Å². The second kappa shape index (κ2) is 5.56. The Hall–Kier alpha value is -1.30. The van der Waals surface area contributed by atoms with Gasteiger partial charge in [0.1, 0.15) is 0 Å². The molecule has 0 radical (unpaired) electrons. The van der Waals surface area contributed by atoms with Crippen LogP contribution in [0.4, 0.5) is 4.79 Å². The number of carboxylic acids is 1. The minimum atomic E-state index is -0.798. The second-order valence-electron chi connectivity index (χ2n) is 5.23. The molecule has 2 amide bonds. The van der Waals surface area contributed by atoms with Crippen LogP contribution in [0.5, 0.6) is 0 Å². The van der Waals surface area contributed by atoms with Crippen LogP contribution in [-0.4, -0.2) is 59.1 Å². The summed E-state index contributed by atoms with van der Waals surface area (Å²) < 4.78 is 0. The highest BCUT2D eigenvalue weighted by Gasteiger charge is 2.31. The van der Waals surface area contributed by atoms with E-state index < -0.39 is 11.9 Å². The highest BCUT2D eigenvalue weighted by Crippen LogP contribution is 2.19. The van der Waals surface area contributed by atoms with Gasteiger partial charge in [-0.3, -0.25) is 4.79 Å². The van der Waals surface area contributed by atoms with Crippen molar-refractivity contribution in [2.45, 2.75) is 31.7 Å². The number of aliphatic carboxylic acids is 1. The molecule has 2 saturated heterocycles. The molecule has 2 rings (SSSR count). The molecule has 2 fully saturated rings. The SMILES string of the molecule is NC1CCN(C(=O)N2CCC[C@H](C(=O)O)C2)CC1. The van der Waals surface area contributed by atoms with Crippen LogP contribution in [0.25, 0.3) is 0 Å². The van der Waals surface area contributed by atoms with Gasteiger partial charge in [0.05, 0.1) is 5.92 Å². The molecule has 0 unspecified atom stereocenters. The number of amides is 2. The van der Waals surface area contributed by atoms with Crippen LogP contribution < -0.4 is 5.73 Å². The molecular formula is C12H21N3O3. The monoisotopic (exact) mass is 255 g/mol. The number of urea groups is 1. The number of likely N-dealkylation sites (tertiary alicyclic amines) is 2. The molecule has 0 aromatic carbocycles. The molecule has 2 heterocycles. The molecule has 0 aromatic heterocycles. The van der Waals surface area contributed by atoms with Crippen LogP contribution in [0.15, 0.2) is 0 Å². The smallest absolute Gasteiger partial charge is 0.320 e. The van der Waals surface area contributed by atoms with Crippen molar-refractivity contribution < 1.29 is 14.7 Å². The largest absolute Gasteiger partial charge is 0.481 e. The van der Waals surface area contributed by atoms with Gasteiger partial charge in [-0.25, -0.2) is 4.79 Å². The first-order chi connectivity index (χ1) is 8.58. The van der Waals surface area contributed by atoms with E-state index in [0.29, 0.717) is 32.6 Å². The van der Waals surface area contributed by atoms with E-state index in [2.05, 4.69) is 0 Å². The third-order valence-electron chi connectivity index (χ3n) is 3.85. The number of carbonyl (C=O) groups is 2. The Morgan fingerprint density at radius 1 is 1.06 bits per heavy atom. The molecule has 1 atom stereocenters. The highest BCUT2D eigenvalue weighted by atomic mass is 16.4. The Balaban J connectivity index is 1.90. The van der Waals surface area contributed by atoms with E-state index in [4.69, 9.17) is 10.8 Å². The lowest BCUT2D eigenvalue weighted by Gasteiger charge is -2.37. The summed E-state index contributed by atoms with van der Waals surface area (Å²) in [6.45, 7) is 2.39. The van der Waals surface area contributed by atoms with E-state index in [-0.39, 0.29) is 12.1 Å². The summed E-state index contributed by atoms with van der Waals surface area (Å²) in [7, 11) is 0. The van der Waals surface area contributed by atoms with Crippen molar-refractivity contribution in [1.29, 1.82) is 0 Å². The molecule has 0 saturated carbocycles. The van der Waals surface area contributed by atoms with Crippen molar-refractivity contribution in [2.75, 3.05) is 26.2 Å². The fourth-order valence-corrected chi connectivity index (χ4v) is 2.64. The van der Waals surface area contributed by atoms with Crippen LogP contribution >= 0.6 is 0 Å². The van der Waals surface area contributed by atoms with E-state index in [1.54, 1.807) is 9.80 Å². The summed E-state index contributed by atoms with van der Waals surface area (Å²) in [5, 5.41) is 9.01. The molecule has 6 heteroatoms. The van der Waals surface area contributed by atoms with Crippen LogP contribution in [0.1, 0.15) is 25.7 Å². The third-order valence-corrected chi connectivity index (χ3v) is 3.85. The number of nitrogens with zero attached hydrogens (tertiary/aromatic N) is 2. The lowest BCUT2D eigenvalue weighted by atomic mass is 9.98. The first kappa shape index (κ1) is 13.1. The quantitative estimate of drug-likeness (QED) is 0.706. The molecular weight excluding hydrogens is 234 g/mol. The molecule has 6 nitrogen and oxygen atoms in total. The van der Waals surface area contributed by atoms with Gasteiger partial charge in [-0.2, -0.15) is 0 Å². The molecule has 3 N–H and O–H groups in total. The Bertz CT molecular complexity index is 327. The molecule has 0 bridgehead atoms. The average molecular weight is 255 g/mol. The number of rotatable bonds is 1. The number of hydrogen-bond donors (Lipinski definition) is 2. The Kier molecular flexibility index (Phi) is 4.06. The molecule has 0 aromatic rings. The number of piperidine rings is 2. The molecule has 102 valence electrons. The minimum absolute atomic E-state index is 0.0205. The Labute approximate surface area is 107 Å². The van der Waals surface area contributed by atoms with Crippen molar-refractivity contribution in [2.24, 2.45) is 11.7 Å². The van der Waals surface area contributed by atoms with Gasteiger partial charge in [0.25, 0.3) is 0 Å². The predicted octanol–water partition coefficient (Wildman–Crippen LogP) is 0.326. The first-order valence-electron chi connectivity index (χ1n) is 6.60. The number of carboxylic acid groups (broad SMARTS) is 1. The normalized spacial score (nSPS) is 26.2. The standard InChI is InChI=1S/C12H21N3O3/c13-10-3-6-14(7-4-10)12(18)15-5-1-2-9(8-15)11(16)17/h9-10H,1-8,13H2,(H,16,17)/t9-/m0/s1. The second-order valence-corrected chi connectivity index (χ2v) is 5.23. The van der Waals surface area contributed by atoms with Crippen molar-refractivity contribution in [3.63, 3.8) is 0 Å². The van der Waals surface area contributed by atoms with Crippen LogP contribution in [0, 0.1) is 5.92 Å². The van der Waals surface area contributed by atoms with Gasteiger partial charge >= 0.3 is 12.0 Å².